The van der Waals surface area contributed by atoms with Gasteiger partial charge in [-0.2, -0.15) is 0 Å². The summed E-state index contributed by atoms with van der Waals surface area (Å²) in [7, 11) is 0. The fourth-order valence-corrected chi connectivity index (χ4v) is 3.16. The highest BCUT2D eigenvalue weighted by Gasteiger charge is 2.25. The lowest BCUT2D eigenvalue weighted by Gasteiger charge is -2.17. The van der Waals surface area contributed by atoms with Gasteiger partial charge in [0.2, 0.25) is 0 Å². The lowest BCUT2D eigenvalue weighted by atomic mass is 10.0. The Morgan fingerprint density at radius 1 is 1.22 bits per heavy atom. The Hall–Kier alpha value is -0.770. The minimum Gasteiger partial charge on any atom is -0.396 e. The van der Waals surface area contributed by atoms with E-state index >= 15 is 0 Å². The van der Waals surface area contributed by atoms with Crippen LogP contribution in [0.5, 0.6) is 0 Å². The number of carbonyl (C=O) groups is 1. The molecule has 0 aromatic rings. The minimum absolute atomic E-state index is 0.0531. The summed E-state index contributed by atoms with van der Waals surface area (Å²) in [4.78, 5) is 13.7. The molecule has 2 amide bonds. The van der Waals surface area contributed by atoms with Gasteiger partial charge in [0.1, 0.15) is 0 Å². The molecule has 0 bridgehead atoms. The third kappa shape index (κ3) is 3.87. The molecule has 1 saturated carbocycles. The van der Waals surface area contributed by atoms with Crippen LogP contribution in [-0.2, 0) is 0 Å². The molecule has 1 unspecified atom stereocenters. The normalized spacial score (nSPS) is 24.7. The van der Waals surface area contributed by atoms with E-state index < -0.39 is 0 Å². The number of likely N-dealkylation sites (tertiary alicyclic amines) is 1. The van der Waals surface area contributed by atoms with Gasteiger partial charge < -0.3 is 15.3 Å². The second kappa shape index (κ2) is 6.98. The maximum Gasteiger partial charge on any atom is 0.317 e. The van der Waals surface area contributed by atoms with Gasteiger partial charge in [-0.25, -0.2) is 4.79 Å². The molecule has 2 fully saturated rings. The summed E-state index contributed by atoms with van der Waals surface area (Å²) in [6.07, 6.45) is 8.87. The molecule has 0 radical (unpaired) electrons. The molecule has 2 N–H and O–H groups in total. The summed E-state index contributed by atoms with van der Waals surface area (Å²) in [5.41, 5.74) is 0. The number of aliphatic hydroxyl groups is 1. The largest absolute Gasteiger partial charge is 0.396 e. The predicted molar refractivity (Wildman–Crippen MR) is 71.4 cm³/mol. The molecular formula is C14H26N2O2. The van der Waals surface area contributed by atoms with Crippen molar-refractivity contribution >= 4 is 6.03 Å². The van der Waals surface area contributed by atoms with Crippen LogP contribution in [-0.4, -0.2) is 42.3 Å². The SMILES string of the molecule is O=C(NCCCC1CCCC1)N1CCC(CO)C1. The van der Waals surface area contributed by atoms with Crippen LogP contribution in [0.1, 0.15) is 44.9 Å². The lowest BCUT2D eigenvalue weighted by molar-refractivity contribution is 0.198. The van der Waals surface area contributed by atoms with Crippen molar-refractivity contribution in [2.24, 2.45) is 11.8 Å². The molecule has 0 aromatic heterocycles. The van der Waals surface area contributed by atoms with E-state index in [0.717, 1.165) is 31.8 Å². The number of rotatable bonds is 5. The van der Waals surface area contributed by atoms with E-state index in [4.69, 9.17) is 5.11 Å². The minimum atomic E-state index is 0.0531. The first-order chi connectivity index (χ1) is 8.79. The standard InChI is InChI=1S/C14H26N2O2/c17-11-13-7-9-16(10-13)14(18)15-8-3-6-12-4-1-2-5-12/h12-13,17H,1-11H2,(H,15,18). The Bertz CT molecular complexity index is 265. The van der Waals surface area contributed by atoms with Gasteiger partial charge in [0.25, 0.3) is 0 Å². The molecule has 104 valence electrons. The Labute approximate surface area is 110 Å². The van der Waals surface area contributed by atoms with Gasteiger partial charge >= 0.3 is 6.03 Å². The zero-order valence-corrected chi connectivity index (χ0v) is 11.2. The molecule has 1 atom stereocenters. The Balaban J connectivity index is 1.54. The summed E-state index contributed by atoms with van der Waals surface area (Å²) < 4.78 is 0. The van der Waals surface area contributed by atoms with Crippen LogP contribution >= 0.6 is 0 Å². The van der Waals surface area contributed by atoms with Gasteiger partial charge in [0.05, 0.1) is 0 Å². The molecule has 4 heteroatoms. The average Bonchev–Trinajstić information content (AvgIpc) is 3.05. The summed E-state index contributed by atoms with van der Waals surface area (Å²) in [6, 6.07) is 0.0531. The molecule has 2 rings (SSSR count). The van der Waals surface area contributed by atoms with Gasteiger partial charge in [-0.05, 0) is 25.2 Å². The average molecular weight is 254 g/mol. The first kappa shape index (κ1) is 13.7. The predicted octanol–water partition coefficient (Wildman–Crippen LogP) is 1.98. The van der Waals surface area contributed by atoms with Crippen LogP contribution in [0, 0.1) is 11.8 Å². The highest BCUT2D eigenvalue weighted by Crippen LogP contribution is 2.28. The zero-order chi connectivity index (χ0) is 12.8. The van der Waals surface area contributed by atoms with Crippen molar-refractivity contribution in [1.82, 2.24) is 10.2 Å². The smallest absolute Gasteiger partial charge is 0.317 e. The molecule has 1 heterocycles. The van der Waals surface area contributed by atoms with Gasteiger partial charge in [0, 0.05) is 32.2 Å². The first-order valence-corrected chi connectivity index (χ1v) is 7.43. The van der Waals surface area contributed by atoms with Crippen LogP contribution in [0.2, 0.25) is 0 Å². The lowest BCUT2D eigenvalue weighted by Crippen LogP contribution is -2.39. The van der Waals surface area contributed by atoms with Crippen LogP contribution in [0.15, 0.2) is 0 Å². The Morgan fingerprint density at radius 3 is 2.67 bits per heavy atom. The zero-order valence-electron chi connectivity index (χ0n) is 11.2. The fourth-order valence-electron chi connectivity index (χ4n) is 3.16. The van der Waals surface area contributed by atoms with Crippen molar-refractivity contribution in [3.8, 4) is 0 Å². The second-order valence-electron chi connectivity index (χ2n) is 5.81. The molecule has 18 heavy (non-hydrogen) atoms. The van der Waals surface area contributed by atoms with Crippen LogP contribution in [0.4, 0.5) is 4.79 Å². The number of aliphatic hydroxyl groups excluding tert-OH is 1. The quantitative estimate of drug-likeness (QED) is 0.737. The Kier molecular flexibility index (Phi) is 5.29. The fraction of sp³-hybridized carbons (Fsp3) is 0.929. The van der Waals surface area contributed by atoms with Crippen LogP contribution in [0.25, 0.3) is 0 Å². The third-order valence-corrected chi connectivity index (χ3v) is 4.37. The molecule has 2 aliphatic rings. The number of urea groups is 1. The molecule has 0 aromatic carbocycles. The number of nitrogens with one attached hydrogen (secondary N) is 1. The molecular weight excluding hydrogens is 228 g/mol. The van der Waals surface area contributed by atoms with E-state index in [1.807, 2.05) is 4.90 Å². The number of nitrogens with zero attached hydrogens (tertiary/aromatic N) is 1. The Morgan fingerprint density at radius 2 is 2.00 bits per heavy atom. The van der Waals surface area contributed by atoms with Crippen molar-refractivity contribution in [2.45, 2.75) is 44.9 Å². The molecule has 4 nitrogen and oxygen atoms in total. The maximum atomic E-state index is 11.8. The summed E-state index contributed by atoms with van der Waals surface area (Å²) in [6.45, 7) is 2.51. The summed E-state index contributed by atoms with van der Waals surface area (Å²) in [5.74, 6) is 1.20. The van der Waals surface area contributed by atoms with Crippen molar-refractivity contribution in [3.63, 3.8) is 0 Å². The van der Waals surface area contributed by atoms with Gasteiger partial charge in [-0.15, -0.1) is 0 Å². The van der Waals surface area contributed by atoms with E-state index in [0.29, 0.717) is 6.54 Å². The van der Waals surface area contributed by atoms with Crippen molar-refractivity contribution in [3.05, 3.63) is 0 Å². The highest BCUT2D eigenvalue weighted by molar-refractivity contribution is 5.74. The number of amides is 2. The second-order valence-corrected chi connectivity index (χ2v) is 5.81. The van der Waals surface area contributed by atoms with E-state index in [2.05, 4.69) is 5.32 Å². The molecule has 0 spiro atoms. The van der Waals surface area contributed by atoms with Gasteiger partial charge in [-0.3, -0.25) is 0 Å². The topological polar surface area (TPSA) is 52.6 Å². The van der Waals surface area contributed by atoms with Gasteiger partial charge in [0.15, 0.2) is 0 Å². The third-order valence-electron chi connectivity index (χ3n) is 4.37. The molecule has 1 aliphatic heterocycles. The maximum absolute atomic E-state index is 11.8. The van der Waals surface area contributed by atoms with Crippen LogP contribution < -0.4 is 5.32 Å². The number of carbonyl (C=O) groups excluding carboxylic acids is 1. The highest BCUT2D eigenvalue weighted by atomic mass is 16.3. The van der Waals surface area contributed by atoms with Crippen molar-refractivity contribution < 1.29 is 9.90 Å². The van der Waals surface area contributed by atoms with Crippen molar-refractivity contribution in [2.75, 3.05) is 26.2 Å². The van der Waals surface area contributed by atoms with Crippen LogP contribution in [0.3, 0.4) is 0 Å². The molecule has 1 aliphatic carbocycles. The van der Waals surface area contributed by atoms with Gasteiger partial charge in [-0.1, -0.05) is 25.7 Å². The number of hydrogen-bond acceptors (Lipinski definition) is 2. The first-order valence-electron chi connectivity index (χ1n) is 7.43. The monoisotopic (exact) mass is 254 g/mol. The number of hydrogen-bond donors (Lipinski definition) is 2. The van der Waals surface area contributed by atoms with E-state index in [1.54, 1.807) is 0 Å². The summed E-state index contributed by atoms with van der Waals surface area (Å²) >= 11 is 0. The molecule has 1 saturated heterocycles. The summed E-state index contributed by atoms with van der Waals surface area (Å²) in [5, 5.41) is 12.0. The van der Waals surface area contributed by atoms with E-state index in [1.165, 1.54) is 32.1 Å². The van der Waals surface area contributed by atoms with Crippen molar-refractivity contribution in [1.29, 1.82) is 0 Å². The van der Waals surface area contributed by atoms with E-state index in [-0.39, 0.29) is 18.6 Å². The van der Waals surface area contributed by atoms with E-state index in [9.17, 15) is 4.79 Å².